The number of nitro groups is 1. The van der Waals surface area contributed by atoms with E-state index in [0.29, 0.717) is 22.0 Å². The highest BCUT2D eigenvalue weighted by Crippen LogP contribution is 2.43. The smallest absolute Gasteiger partial charge is 0.276 e. The number of pyridine rings is 1. The number of H-pyrrole nitrogens is 1. The number of piperazine rings is 1. The van der Waals surface area contributed by atoms with Gasteiger partial charge in [-0.1, -0.05) is 54.8 Å². The van der Waals surface area contributed by atoms with Crippen LogP contribution in [0, 0.1) is 15.5 Å². The number of nitrogens with zero attached hydrogens (tertiary/aromatic N) is 4. The third-order valence-corrected chi connectivity index (χ3v) is 13.6. The quantitative estimate of drug-likeness (QED) is 0.0853. The second kappa shape index (κ2) is 17.9. The molecule has 62 heavy (non-hydrogen) atoms. The highest BCUT2D eigenvalue weighted by molar-refractivity contribution is 7.90. The molecular weight excluding hydrogens is 848 g/mol. The van der Waals surface area contributed by atoms with E-state index in [-0.39, 0.29) is 40.2 Å². The zero-order valence-corrected chi connectivity index (χ0v) is 36.7. The molecule has 12 nitrogen and oxygen atoms in total. The van der Waals surface area contributed by atoms with Crippen molar-refractivity contribution in [3.05, 3.63) is 163 Å². The van der Waals surface area contributed by atoms with Gasteiger partial charge in [-0.3, -0.25) is 19.8 Å². The first-order valence-electron chi connectivity index (χ1n) is 20.4. The number of nitro benzene ring substituents is 1. The van der Waals surface area contributed by atoms with Crippen LogP contribution in [0.4, 0.5) is 11.4 Å². The lowest BCUT2D eigenvalue weighted by atomic mass is 9.72. The molecule has 0 radical (unpaired) electrons. The summed E-state index contributed by atoms with van der Waals surface area (Å²) in [7, 11) is -4.47. The van der Waals surface area contributed by atoms with Crippen LogP contribution in [0.15, 0.2) is 120 Å². The van der Waals surface area contributed by atoms with E-state index in [0.717, 1.165) is 79.7 Å². The molecule has 15 heteroatoms. The summed E-state index contributed by atoms with van der Waals surface area (Å²) in [6.07, 6.45) is 6.92. The summed E-state index contributed by atoms with van der Waals surface area (Å²) in [6.45, 7) is 8.55. The molecule has 8 rings (SSSR count). The van der Waals surface area contributed by atoms with E-state index in [4.69, 9.17) is 27.9 Å². The molecule has 2 N–H and O–H groups in total. The number of aromatic amines is 1. The van der Waals surface area contributed by atoms with Crippen molar-refractivity contribution in [2.45, 2.75) is 51.0 Å². The van der Waals surface area contributed by atoms with Gasteiger partial charge < -0.3 is 14.6 Å². The van der Waals surface area contributed by atoms with E-state index in [2.05, 4.69) is 50.5 Å². The number of anilines is 1. The van der Waals surface area contributed by atoms with Gasteiger partial charge in [-0.2, -0.15) is 0 Å². The van der Waals surface area contributed by atoms with Crippen molar-refractivity contribution < 1.29 is 22.9 Å². The molecule has 1 saturated heterocycles. The predicted molar refractivity (Wildman–Crippen MR) is 244 cm³/mol. The summed E-state index contributed by atoms with van der Waals surface area (Å²) >= 11 is 12.2. The number of ether oxygens (including phenoxy) is 1. The number of halogens is 2. The largest absolute Gasteiger partial charge is 0.489 e. The Kier molecular flexibility index (Phi) is 12.4. The van der Waals surface area contributed by atoms with Crippen molar-refractivity contribution in [1.29, 1.82) is 0 Å². The van der Waals surface area contributed by atoms with Gasteiger partial charge in [0.25, 0.3) is 21.6 Å². The molecule has 4 aromatic carbocycles. The van der Waals surface area contributed by atoms with E-state index in [1.54, 1.807) is 42.7 Å². The molecule has 0 saturated carbocycles. The van der Waals surface area contributed by atoms with Gasteiger partial charge in [-0.05, 0) is 126 Å². The van der Waals surface area contributed by atoms with Gasteiger partial charge in [0.05, 0.1) is 15.4 Å². The fraction of sp³-hybridized carbons (Fsp3) is 0.277. The van der Waals surface area contributed by atoms with Crippen LogP contribution in [-0.4, -0.2) is 66.8 Å². The second-order valence-corrected chi connectivity index (χ2v) is 19.2. The van der Waals surface area contributed by atoms with Gasteiger partial charge in [-0.15, -0.1) is 0 Å². The maximum absolute atomic E-state index is 14.1. The summed E-state index contributed by atoms with van der Waals surface area (Å²) < 4.78 is 36.1. The maximum atomic E-state index is 14.1. The summed E-state index contributed by atoms with van der Waals surface area (Å²) in [5.74, 6) is -0.554. The normalized spacial score (nSPS) is 15.8. The molecule has 6 aromatic rings. The number of fused-ring (bicyclic) bond motifs is 1. The SMILES string of the molecule is CC1(C)CCC(CN2CCN(c3ccc(S(=O)(=O)NC(=O)c4ccc(COc5ccc(Cl)cc5)c([N+](=O)[O-])c4)c(Cc4cnc5[nH]ccc5c4)c3)CC2)=C(c2ccc(Cl)cc2)C1. The van der Waals surface area contributed by atoms with Crippen LogP contribution in [0.3, 0.4) is 0 Å². The van der Waals surface area contributed by atoms with E-state index in [1.807, 2.05) is 30.3 Å². The molecular formula is C47H46Cl2N6O6S. The standard InChI is InChI=1S/C47H46Cl2N6O6S/c1-47(2)17-15-35(42(27-47)32-5-7-38(48)8-6-32)29-53-19-21-54(22-20-53)40-11-14-44(37(25-40)24-31-23-33-16-18-50-45(33)51-28-31)62(59,60)52-46(56)34-3-4-36(43(26-34)55(57)58)30-61-41-12-9-39(49)10-13-41/h3-14,16,18,23,25-26,28H,15,17,19-22,24,27,29-30H2,1-2H3,(H,50,51)(H,52,56). The van der Waals surface area contributed by atoms with Crippen molar-refractivity contribution in [3.63, 3.8) is 0 Å². The molecule has 2 aromatic heterocycles. The van der Waals surface area contributed by atoms with Crippen molar-refractivity contribution in [2.75, 3.05) is 37.6 Å². The molecule has 1 aliphatic carbocycles. The zero-order valence-electron chi connectivity index (χ0n) is 34.4. The third kappa shape index (κ3) is 9.97. The molecule has 1 fully saturated rings. The van der Waals surface area contributed by atoms with Crippen LogP contribution < -0.4 is 14.4 Å². The van der Waals surface area contributed by atoms with Gasteiger partial charge in [0.2, 0.25) is 0 Å². The topological polar surface area (TPSA) is 151 Å². The maximum Gasteiger partial charge on any atom is 0.276 e. The Hall–Kier alpha value is -5.73. The van der Waals surface area contributed by atoms with Gasteiger partial charge in [0.15, 0.2) is 0 Å². The minimum Gasteiger partial charge on any atom is -0.489 e. The summed E-state index contributed by atoms with van der Waals surface area (Å²) in [5, 5.41) is 14.2. The third-order valence-electron chi connectivity index (χ3n) is 11.7. The minimum atomic E-state index is -4.47. The van der Waals surface area contributed by atoms with Crippen molar-refractivity contribution in [1.82, 2.24) is 19.6 Å². The summed E-state index contributed by atoms with van der Waals surface area (Å²) in [6, 6.07) is 27.5. The first kappa shape index (κ1) is 42.9. The molecule has 320 valence electrons. The molecule has 0 bridgehead atoms. The summed E-state index contributed by atoms with van der Waals surface area (Å²) in [5.41, 5.74) is 6.81. The number of hydrogen-bond donors (Lipinski definition) is 2. The average molecular weight is 894 g/mol. The number of carbonyl (C=O) groups is 1. The average Bonchev–Trinajstić information content (AvgIpc) is 3.72. The molecule has 1 amide bonds. The second-order valence-electron chi connectivity index (χ2n) is 16.7. The van der Waals surface area contributed by atoms with Crippen molar-refractivity contribution in [3.8, 4) is 5.75 Å². The molecule has 0 atom stereocenters. The lowest BCUT2D eigenvalue weighted by Gasteiger charge is -2.39. The van der Waals surface area contributed by atoms with Crippen molar-refractivity contribution >= 4 is 67.1 Å². The van der Waals surface area contributed by atoms with E-state index in [9.17, 15) is 23.3 Å². The number of allylic oxidation sites excluding steroid dienone is 1. The van der Waals surface area contributed by atoms with Gasteiger partial charge >= 0.3 is 0 Å². The molecule has 1 aliphatic heterocycles. The van der Waals surface area contributed by atoms with E-state index < -0.39 is 20.9 Å². The van der Waals surface area contributed by atoms with Crippen molar-refractivity contribution in [2.24, 2.45) is 5.41 Å². The number of aromatic nitrogens is 2. The monoisotopic (exact) mass is 892 g/mol. The fourth-order valence-corrected chi connectivity index (χ4v) is 9.74. The Balaban J connectivity index is 1.01. The molecule has 0 spiro atoms. The Bertz CT molecular complexity index is 2780. The van der Waals surface area contributed by atoms with E-state index >= 15 is 0 Å². The Labute approximate surface area is 370 Å². The molecule has 3 heterocycles. The van der Waals surface area contributed by atoms with Gasteiger partial charge in [0, 0.05) is 84.3 Å². The highest BCUT2D eigenvalue weighted by Gasteiger charge is 2.30. The summed E-state index contributed by atoms with van der Waals surface area (Å²) in [4.78, 5) is 37.3. The fourth-order valence-electron chi connectivity index (χ4n) is 8.29. The first-order valence-corrected chi connectivity index (χ1v) is 22.7. The van der Waals surface area contributed by atoms with Crippen LogP contribution in [-0.2, 0) is 23.1 Å². The van der Waals surface area contributed by atoms with Crippen LogP contribution in [0.1, 0.15) is 65.7 Å². The number of rotatable bonds is 13. The van der Waals surface area contributed by atoms with Gasteiger partial charge in [0.1, 0.15) is 18.0 Å². The van der Waals surface area contributed by atoms with Crippen LogP contribution >= 0.6 is 23.2 Å². The number of amides is 1. The Morgan fingerprint density at radius 3 is 2.37 bits per heavy atom. The van der Waals surface area contributed by atoms with Crippen LogP contribution in [0.25, 0.3) is 16.6 Å². The highest BCUT2D eigenvalue weighted by atomic mass is 35.5. The van der Waals surface area contributed by atoms with Crippen LogP contribution in [0.2, 0.25) is 10.0 Å². The lowest BCUT2D eigenvalue weighted by molar-refractivity contribution is -0.385. The number of sulfonamides is 1. The number of nitrogens with one attached hydrogen (secondary N) is 2. The number of benzene rings is 4. The lowest BCUT2D eigenvalue weighted by Crippen LogP contribution is -2.47. The molecule has 0 unspecified atom stereocenters. The number of carbonyl (C=O) groups excluding carboxylic acids is 1. The first-order chi connectivity index (χ1) is 29.7. The minimum absolute atomic E-state index is 0.0771. The predicted octanol–water partition coefficient (Wildman–Crippen LogP) is 9.85. The number of hydrogen-bond acceptors (Lipinski definition) is 9. The Morgan fingerprint density at radius 1 is 0.919 bits per heavy atom. The Morgan fingerprint density at radius 2 is 1.65 bits per heavy atom. The van der Waals surface area contributed by atoms with Gasteiger partial charge in [-0.25, -0.2) is 18.1 Å². The van der Waals surface area contributed by atoms with E-state index in [1.165, 1.54) is 34.9 Å². The molecule has 2 aliphatic rings. The van der Waals surface area contributed by atoms with Crippen LogP contribution in [0.5, 0.6) is 5.75 Å². The zero-order chi connectivity index (χ0) is 43.6.